The summed E-state index contributed by atoms with van der Waals surface area (Å²) in [6.45, 7) is 7.58. The molecule has 0 aliphatic heterocycles. The maximum absolute atomic E-state index is 11.5. The van der Waals surface area contributed by atoms with E-state index in [0.29, 0.717) is 6.42 Å². The summed E-state index contributed by atoms with van der Waals surface area (Å²) in [6.07, 6.45) is 0.432. The van der Waals surface area contributed by atoms with E-state index in [0.717, 1.165) is 0 Å². The Morgan fingerprint density at radius 3 is 1.85 bits per heavy atom. The van der Waals surface area contributed by atoms with E-state index in [9.17, 15) is 9.59 Å². The maximum Gasteiger partial charge on any atom is 0.232 e. The van der Waals surface area contributed by atoms with Gasteiger partial charge in [-0.1, -0.05) is 27.7 Å². The Labute approximate surface area is 84.7 Å². The number of ketones is 1. The fourth-order valence-electron chi connectivity index (χ4n) is 1.29. The van der Waals surface area contributed by atoms with Crippen LogP contribution in [0.4, 0.5) is 0 Å². The number of hydrogen-bond acceptors (Lipinski definition) is 2. The molecule has 13 heavy (non-hydrogen) atoms. The van der Waals surface area contributed by atoms with Crippen LogP contribution in [-0.4, -0.2) is 11.0 Å². The van der Waals surface area contributed by atoms with E-state index in [1.165, 1.54) is 0 Å². The number of Topliss-reactive ketones (excluding diaryl/α,β-unsaturated/α-hetero) is 1. The summed E-state index contributed by atoms with van der Waals surface area (Å²) >= 11 is 5.36. The van der Waals surface area contributed by atoms with Crippen molar-refractivity contribution in [1.29, 1.82) is 0 Å². The normalized spacial score (nSPS) is 13.5. The predicted molar refractivity (Wildman–Crippen MR) is 53.7 cm³/mol. The molecule has 0 aliphatic carbocycles. The SMILES string of the molecule is CC(C)CC(=O)C(C(=O)Cl)C(C)C. The van der Waals surface area contributed by atoms with Gasteiger partial charge in [-0.2, -0.15) is 0 Å². The molecular formula is C10H17ClO2. The van der Waals surface area contributed by atoms with E-state index >= 15 is 0 Å². The molecule has 0 radical (unpaired) electrons. The summed E-state index contributed by atoms with van der Waals surface area (Å²) in [6, 6.07) is 0. The van der Waals surface area contributed by atoms with Crippen molar-refractivity contribution in [1.82, 2.24) is 0 Å². The quantitative estimate of drug-likeness (QED) is 0.510. The van der Waals surface area contributed by atoms with Gasteiger partial charge in [0.1, 0.15) is 5.78 Å². The van der Waals surface area contributed by atoms with Gasteiger partial charge in [-0.3, -0.25) is 9.59 Å². The summed E-state index contributed by atoms with van der Waals surface area (Å²) in [4.78, 5) is 22.5. The highest BCUT2D eigenvalue weighted by Crippen LogP contribution is 2.19. The lowest BCUT2D eigenvalue weighted by atomic mass is 9.88. The van der Waals surface area contributed by atoms with Crippen molar-refractivity contribution in [2.45, 2.75) is 34.1 Å². The lowest BCUT2D eigenvalue weighted by molar-refractivity contribution is -0.131. The van der Waals surface area contributed by atoms with E-state index in [1.54, 1.807) is 0 Å². The second kappa shape index (κ2) is 5.38. The van der Waals surface area contributed by atoms with E-state index < -0.39 is 11.2 Å². The fraction of sp³-hybridized carbons (Fsp3) is 0.800. The van der Waals surface area contributed by atoms with E-state index in [1.807, 2.05) is 27.7 Å². The maximum atomic E-state index is 11.5. The van der Waals surface area contributed by atoms with Crippen molar-refractivity contribution in [2.24, 2.45) is 17.8 Å². The lowest BCUT2D eigenvalue weighted by Gasteiger charge is -2.15. The van der Waals surface area contributed by atoms with E-state index in [2.05, 4.69) is 0 Å². The van der Waals surface area contributed by atoms with Gasteiger partial charge in [0.2, 0.25) is 5.24 Å². The van der Waals surface area contributed by atoms with Crippen LogP contribution >= 0.6 is 11.6 Å². The molecule has 0 aromatic rings. The molecule has 0 heterocycles. The van der Waals surface area contributed by atoms with Gasteiger partial charge < -0.3 is 0 Å². The van der Waals surface area contributed by atoms with Gasteiger partial charge in [-0.05, 0) is 23.4 Å². The minimum Gasteiger partial charge on any atom is -0.299 e. The van der Waals surface area contributed by atoms with Gasteiger partial charge in [0.05, 0.1) is 5.92 Å². The zero-order valence-electron chi connectivity index (χ0n) is 8.63. The summed E-state index contributed by atoms with van der Waals surface area (Å²) < 4.78 is 0. The van der Waals surface area contributed by atoms with Crippen LogP contribution in [0.5, 0.6) is 0 Å². The van der Waals surface area contributed by atoms with Gasteiger partial charge in [-0.25, -0.2) is 0 Å². The third kappa shape index (κ3) is 4.41. The summed E-state index contributed by atoms with van der Waals surface area (Å²) in [5.41, 5.74) is 0. The molecule has 0 bridgehead atoms. The smallest absolute Gasteiger partial charge is 0.232 e. The topological polar surface area (TPSA) is 34.1 Å². The molecule has 0 spiro atoms. The number of carbonyl (C=O) groups is 2. The number of hydrogen-bond donors (Lipinski definition) is 0. The van der Waals surface area contributed by atoms with Gasteiger partial charge in [0.25, 0.3) is 0 Å². The second-order valence-corrected chi connectivity index (χ2v) is 4.46. The first-order valence-electron chi connectivity index (χ1n) is 4.58. The summed E-state index contributed by atoms with van der Waals surface area (Å²) in [7, 11) is 0. The molecule has 1 unspecified atom stereocenters. The first-order valence-corrected chi connectivity index (χ1v) is 4.96. The molecule has 0 N–H and O–H groups in total. The van der Waals surface area contributed by atoms with Crippen LogP contribution in [-0.2, 0) is 9.59 Å². The van der Waals surface area contributed by atoms with E-state index in [4.69, 9.17) is 11.6 Å². The molecule has 0 fully saturated rings. The van der Waals surface area contributed by atoms with Crippen LogP contribution < -0.4 is 0 Å². The second-order valence-electron chi connectivity index (χ2n) is 4.09. The Morgan fingerprint density at radius 1 is 1.15 bits per heavy atom. The lowest BCUT2D eigenvalue weighted by Crippen LogP contribution is -2.26. The Bertz CT molecular complexity index is 197. The fourth-order valence-corrected chi connectivity index (χ4v) is 1.66. The van der Waals surface area contributed by atoms with Crippen molar-refractivity contribution in [3.05, 3.63) is 0 Å². The summed E-state index contributed by atoms with van der Waals surface area (Å²) in [5, 5.41) is -0.527. The molecule has 0 aliphatic rings. The van der Waals surface area contributed by atoms with Gasteiger partial charge >= 0.3 is 0 Å². The Morgan fingerprint density at radius 2 is 1.62 bits per heavy atom. The van der Waals surface area contributed by atoms with Crippen LogP contribution in [0.25, 0.3) is 0 Å². The molecule has 2 nitrogen and oxygen atoms in total. The third-order valence-corrected chi connectivity index (χ3v) is 2.10. The van der Waals surface area contributed by atoms with Crippen molar-refractivity contribution in [3.8, 4) is 0 Å². The van der Waals surface area contributed by atoms with Crippen LogP contribution in [0.3, 0.4) is 0 Å². The highest BCUT2D eigenvalue weighted by atomic mass is 35.5. The minimum atomic E-state index is -0.621. The molecule has 0 saturated heterocycles. The van der Waals surface area contributed by atoms with Crippen LogP contribution in [0.15, 0.2) is 0 Å². The highest BCUT2D eigenvalue weighted by Gasteiger charge is 2.28. The zero-order chi connectivity index (χ0) is 10.6. The summed E-state index contributed by atoms with van der Waals surface area (Å²) in [5.74, 6) is -0.380. The first kappa shape index (κ1) is 12.6. The average molecular weight is 205 g/mol. The molecule has 1 atom stereocenters. The first-order chi connectivity index (χ1) is 5.86. The molecule has 0 amide bonds. The van der Waals surface area contributed by atoms with Crippen LogP contribution in [0.1, 0.15) is 34.1 Å². The number of halogens is 1. The zero-order valence-corrected chi connectivity index (χ0v) is 9.39. The van der Waals surface area contributed by atoms with E-state index in [-0.39, 0.29) is 17.6 Å². The number of rotatable bonds is 5. The molecular weight excluding hydrogens is 188 g/mol. The predicted octanol–water partition coefficient (Wildman–Crippen LogP) is 2.64. The van der Waals surface area contributed by atoms with Crippen LogP contribution in [0.2, 0.25) is 0 Å². The minimum absolute atomic E-state index is 0.00347. The van der Waals surface area contributed by atoms with Crippen LogP contribution in [0, 0.1) is 17.8 Å². The van der Waals surface area contributed by atoms with Crippen molar-refractivity contribution >= 4 is 22.6 Å². The highest BCUT2D eigenvalue weighted by molar-refractivity contribution is 6.65. The largest absolute Gasteiger partial charge is 0.299 e. The molecule has 3 heteroatoms. The van der Waals surface area contributed by atoms with Crippen molar-refractivity contribution in [2.75, 3.05) is 0 Å². The molecule has 76 valence electrons. The van der Waals surface area contributed by atoms with Gasteiger partial charge in [-0.15, -0.1) is 0 Å². The Kier molecular flexibility index (Phi) is 5.23. The molecule has 0 saturated carbocycles. The third-order valence-electron chi connectivity index (χ3n) is 1.87. The number of carbonyl (C=O) groups excluding carboxylic acids is 2. The standard InChI is InChI=1S/C10H17ClO2/c1-6(2)5-8(12)9(7(3)4)10(11)13/h6-7,9H,5H2,1-4H3. The molecule has 0 aromatic carbocycles. The molecule has 0 rings (SSSR count). The van der Waals surface area contributed by atoms with Crippen molar-refractivity contribution < 1.29 is 9.59 Å². The Hall–Kier alpha value is -0.370. The monoisotopic (exact) mass is 204 g/mol. The average Bonchev–Trinajstić information content (AvgIpc) is 1.81. The van der Waals surface area contributed by atoms with Gasteiger partial charge in [0.15, 0.2) is 0 Å². The van der Waals surface area contributed by atoms with Gasteiger partial charge in [0, 0.05) is 6.42 Å². The van der Waals surface area contributed by atoms with Crippen molar-refractivity contribution in [3.63, 3.8) is 0 Å². The Balaban J connectivity index is 4.38. The molecule has 0 aromatic heterocycles.